The highest BCUT2D eigenvalue weighted by Crippen LogP contribution is 2.38. The van der Waals surface area contributed by atoms with Crippen molar-refractivity contribution in [1.29, 1.82) is 0 Å². The van der Waals surface area contributed by atoms with Crippen LogP contribution in [0.3, 0.4) is 0 Å². The van der Waals surface area contributed by atoms with Crippen LogP contribution in [-0.4, -0.2) is 25.2 Å². The molecule has 94 valence electrons. The van der Waals surface area contributed by atoms with E-state index in [1.807, 2.05) is 11.8 Å². The second-order valence-electron chi connectivity index (χ2n) is 4.63. The van der Waals surface area contributed by atoms with Gasteiger partial charge in [-0.3, -0.25) is 0 Å². The molecule has 0 aliphatic carbocycles. The number of hydrogen-bond acceptors (Lipinski definition) is 2. The van der Waals surface area contributed by atoms with Gasteiger partial charge in [0.25, 0.3) is 0 Å². The monoisotopic (exact) mass is 260 g/mol. The summed E-state index contributed by atoms with van der Waals surface area (Å²) in [5, 5.41) is 3.29. The third-order valence-corrected chi connectivity index (χ3v) is 3.56. The molecule has 5 heteroatoms. The fraction of sp³-hybridized carbons (Fsp3) is 0.500. The number of hydrogen-bond donors (Lipinski definition) is 1. The Labute approximate surface area is 105 Å². The molecular formula is C12H15ClF2N2. The van der Waals surface area contributed by atoms with E-state index in [2.05, 4.69) is 5.32 Å². The van der Waals surface area contributed by atoms with Gasteiger partial charge in [-0.25, -0.2) is 8.78 Å². The number of piperazine rings is 1. The molecule has 2 aliphatic heterocycles. The van der Waals surface area contributed by atoms with E-state index < -0.39 is 0 Å². The van der Waals surface area contributed by atoms with Gasteiger partial charge in [0.2, 0.25) is 0 Å². The Morgan fingerprint density at radius 2 is 1.94 bits per heavy atom. The SMILES string of the molecule is C[C@@H]1CNC[C@H]2Cc3c(F)ccc(F)c3N21.Cl. The lowest BCUT2D eigenvalue weighted by molar-refractivity contribution is 0.425. The number of nitrogens with zero attached hydrogens (tertiary/aromatic N) is 1. The second-order valence-corrected chi connectivity index (χ2v) is 4.63. The van der Waals surface area contributed by atoms with Crippen molar-refractivity contribution < 1.29 is 8.78 Å². The maximum atomic E-state index is 13.8. The molecule has 17 heavy (non-hydrogen) atoms. The number of nitrogens with one attached hydrogen (secondary N) is 1. The van der Waals surface area contributed by atoms with Crippen molar-refractivity contribution >= 4 is 18.1 Å². The first-order valence-electron chi connectivity index (χ1n) is 5.64. The first-order chi connectivity index (χ1) is 7.68. The van der Waals surface area contributed by atoms with Crippen LogP contribution in [0.25, 0.3) is 0 Å². The van der Waals surface area contributed by atoms with Crippen LogP contribution in [0.15, 0.2) is 12.1 Å². The Morgan fingerprint density at radius 1 is 1.24 bits per heavy atom. The Bertz CT molecular complexity index is 439. The molecule has 0 unspecified atom stereocenters. The topological polar surface area (TPSA) is 15.3 Å². The van der Waals surface area contributed by atoms with E-state index in [0.29, 0.717) is 17.7 Å². The van der Waals surface area contributed by atoms with Gasteiger partial charge in [-0.2, -0.15) is 0 Å². The van der Waals surface area contributed by atoms with Crippen LogP contribution in [0, 0.1) is 11.6 Å². The molecular weight excluding hydrogens is 246 g/mol. The van der Waals surface area contributed by atoms with Crippen LogP contribution < -0.4 is 10.2 Å². The zero-order valence-electron chi connectivity index (χ0n) is 9.54. The zero-order chi connectivity index (χ0) is 11.3. The molecule has 2 aliphatic rings. The van der Waals surface area contributed by atoms with Crippen molar-refractivity contribution in [2.24, 2.45) is 0 Å². The van der Waals surface area contributed by atoms with E-state index in [0.717, 1.165) is 13.1 Å². The van der Waals surface area contributed by atoms with Crippen LogP contribution in [0.2, 0.25) is 0 Å². The molecule has 1 N–H and O–H groups in total. The smallest absolute Gasteiger partial charge is 0.147 e. The molecule has 0 aromatic heterocycles. The molecule has 1 aromatic rings. The molecule has 0 saturated carbocycles. The summed E-state index contributed by atoms with van der Waals surface area (Å²) in [7, 11) is 0. The highest BCUT2D eigenvalue weighted by Gasteiger charge is 2.38. The summed E-state index contributed by atoms with van der Waals surface area (Å²) < 4.78 is 27.4. The minimum Gasteiger partial charge on any atom is -0.360 e. The van der Waals surface area contributed by atoms with Crippen molar-refractivity contribution in [1.82, 2.24) is 5.32 Å². The summed E-state index contributed by atoms with van der Waals surface area (Å²) in [6.07, 6.45) is 0.607. The van der Waals surface area contributed by atoms with Crippen molar-refractivity contribution in [3.8, 4) is 0 Å². The summed E-state index contributed by atoms with van der Waals surface area (Å²) >= 11 is 0. The molecule has 0 amide bonds. The van der Waals surface area contributed by atoms with E-state index >= 15 is 0 Å². The van der Waals surface area contributed by atoms with E-state index in [1.54, 1.807) is 0 Å². The van der Waals surface area contributed by atoms with Crippen LogP contribution in [0.4, 0.5) is 14.5 Å². The lowest BCUT2D eigenvalue weighted by atomic mass is 10.1. The van der Waals surface area contributed by atoms with Gasteiger partial charge in [0.15, 0.2) is 0 Å². The van der Waals surface area contributed by atoms with E-state index in [1.165, 1.54) is 12.1 Å². The molecule has 1 aromatic carbocycles. The van der Waals surface area contributed by atoms with Gasteiger partial charge < -0.3 is 10.2 Å². The van der Waals surface area contributed by atoms with E-state index in [4.69, 9.17) is 0 Å². The zero-order valence-corrected chi connectivity index (χ0v) is 10.4. The van der Waals surface area contributed by atoms with Crippen LogP contribution in [0.1, 0.15) is 12.5 Å². The van der Waals surface area contributed by atoms with Gasteiger partial charge >= 0.3 is 0 Å². The minimum atomic E-state index is -0.298. The number of anilines is 1. The van der Waals surface area contributed by atoms with Crippen molar-refractivity contribution in [2.75, 3.05) is 18.0 Å². The second kappa shape index (κ2) is 4.42. The highest BCUT2D eigenvalue weighted by molar-refractivity contribution is 5.85. The maximum Gasteiger partial charge on any atom is 0.147 e. The minimum absolute atomic E-state index is 0. The third kappa shape index (κ3) is 1.79. The van der Waals surface area contributed by atoms with Crippen molar-refractivity contribution in [2.45, 2.75) is 25.4 Å². The maximum absolute atomic E-state index is 13.8. The predicted octanol–water partition coefficient (Wildman–Crippen LogP) is 2.11. The van der Waals surface area contributed by atoms with Crippen molar-refractivity contribution in [3.63, 3.8) is 0 Å². The van der Waals surface area contributed by atoms with E-state index in [9.17, 15) is 8.78 Å². The first kappa shape index (κ1) is 12.6. The van der Waals surface area contributed by atoms with Crippen molar-refractivity contribution in [3.05, 3.63) is 29.3 Å². The number of halogens is 3. The fourth-order valence-corrected chi connectivity index (χ4v) is 2.88. The molecule has 1 saturated heterocycles. The Balaban J connectivity index is 0.00000108. The Morgan fingerprint density at radius 3 is 2.71 bits per heavy atom. The normalized spacial score (nSPS) is 26.2. The molecule has 0 radical (unpaired) electrons. The Kier molecular flexibility index (Phi) is 3.27. The molecule has 2 nitrogen and oxygen atoms in total. The largest absolute Gasteiger partial charge is 0.360 e. The average Bonchev–Trinajstić information content (AvgIpc) is 2.65. The molecule has 1 fully saturated rings. The average molecular weight is 261 g/mol. The lowest BCUT2D eigenvalue weighted by Crippen LogP contribution is -2.55. The Hall–Kier alpha value is -0.870. The third-order valence-electron chi connectivity index (χ3n) is 3.56. The predicted molar refractivity (Wildman–Crippen MR) is 65.9 cm³/mol. The number of benzene rings is 1. The summed E-state index contributed by atoms with van der Waals surface area (Å²) in [6, 6.07) is 2.87. The summed E-state index contributed by atoms with van der Waals surface area (Å²) in [4.78, 5) is 2.03. The van der Waals surface area contributed by atoms with Gasteiger partial charge in [-0.1, -0.05) is 0 Å². The first-order valence-corrected chi connectivity index (χ1v) is 5.64. The van der Waals surface area contributed by atoms with Crippen LogP contribution >= 0.6 is 12.4 Å². The van der Waals surface area contributed by atoms with Gasteiger partial charge in [0.1, 0.15) is 11.6 Å². The van der Waals surface area contributed by atoms with Gasteiger partial charge in [-0.05, 0) is 25.5 Å². The molecule has 3 rings (SSSR count). The van der Waals surface area contributed by atoms with Crippen LogP contribution in [-0.2, 0) is 6.42 Å². The molecule has 2 atom stereocenters. The quantitative estimate of drug-likeness (QED) is 0.769. The summed E-state index contributed by atoms with van der Waals surface area (Å²) in [5.74, 6) is -0.578. The molecule has 2 heterocycles. The van der Waals surface area contributed by atoms with Gasteiger partial charge in [0.05, 0.1) is 5.69 Å². The molecule has 0 spiro atoms. The summed E-state index contributed by atoms with van der Waals surface area (Å²) in [5.41, 5.74) is 1.03. The number of rotatable bonds is 0. The standard InChI is InChI=1S/C12H14F2N2.ClH/c1-7-5-15-6-8-4-9-10(13)2-3-11(14)12(9)16(7)8;/h2-3,7-8,15H,4-6H2,1H3;1H/t7-,8-;/m1./s1. The van der Waals surface area contributed by atoms with Crippen LogP contribution in [0.5, 0.6) is 0 Å². The fourth-order valence-electron chi connectivity index (χ4n) is 2.88. The van der Waals surface area contributed by atoms with Gasteiger partial charge in [0, 0.05) is 30.7 Å². The highest BCUT2D eigenvalue weighted by atomic mass is 35.5. The lowest BCUT2D eigenvalue weighted by Gasteiger charge is -2.38. The number of fused-ring (bicyclic) bond motifs is 3. The molecule has 0 bridgehead atoms. The van der Waals surface area contributed by atoms with E-state index in [-0.39, 0.29) is 36.1 Å². The van der Waals surface area contributed by atoms with Gasteiger partial charge in [-0.15, -0.1) is 12.4 Å². The summed E-state index contributed by atoms with van der Waals surface area (Å²) in [6.45, 7) is 3.67.